The van der Waals surface area contributed by atoms with Gasteiger partial charge in [-0.1, -0.05) is 51.3 Å². The summed E-state index contributed by atoms with van der Waals surface area (Å²) in [4.78, 5) is 0.299. The normalized spacial score (nSPS) is 10.4. The Bertz CT molecular complexity index is 692. The minimum atomic E-state index is 0.299. The summed E-state index contributed by atoms with van der Waals surface area (Å²) < 4.78 is 1.63. The summed E-state index contributed by atoms with van der Waals surface area (Å²) >= 11 is 24.1. The fraction of sp³-hybridized carbons (Fsp3) is 0. The molecule has 2 rings (SSSR count). The number of nitrogens with one attached hydrogen (secondary N) is 1. The van der Waals surface area contributed by atoms with Gasteiger partial charge >= 0.3 is 0 Å². The van der Waals surface area contributed by atoms with E-state index in [1.165, 1.54) is 0 Å². The summed E-state index contributed by atoms with van der Waals surface area (Å²) in [6, 6.07) is 9.24. The molecule has 3 N–H and O–H groups in total. The summed E-state index contributed by atoms with van der Waals surface area (Å²) in [5.74, 6) is 0. The van der Waals surface area contributed by atoms with E-state index in [-0.39, 0.29) is 0 Å². The minimum absolute atomic E-state index is 0.299. The van der Waals surface area contributed by atoms with E-state index in [1.807, 2.05) is 30.3 Å². The molecule has 0 saturated heterocycles. The lowest BCUT2D eigenvalue weighted by Gasteiger charge is -2.14. The van der Waals surface area contributed by atoms with Crippen molar-refractivity contribution >= 4 is 83.6 Å². The summed E-state index contributed by atoms with van der Waals surface area (Å²) in [5, 5.41) is 4.07. The van der Waals surface area contributed by atoms with Crippen LogP contribution >= 0.6 is 67.3 Å². The third-order valence-electron chi connectivity index (χ3n) is 2.55. The Morgan fingerprint density at radius 3 is 2.35 bits per heavy atom. The quantitative estimate of drug-likeness (QED) is 0.448. The summed E-state index contributed by atoms with van der Waals surface area (Å²) in [5.41, 5.74) is 7.90. The van der Waals surface area contributed by atoms with Crippen LogP contribution < -0.4 is 11.1 Å². The van der Waals surface area contributed by atoms with Crippen molar-refractivity contribution in [2.45, 2.75) is 0 Å². The molecule has 0 bridgehead atoms. The molecule has 0 saturated carbocycles. The minimum Gasteiger partial charge on any atom is -0.389 e. The Morgan fingerprint density at radius 2 is 1.70 bits per heavy atom. The van der Waals surface area contributed by atoms with Gasteiger partial charge in [-0.2, -0.15) is 0 Å². The highest BCUT2D eigenvalue weighted by molar-refractivity contribution is 9.10. The molecule has 0 spiro atoms. The van der Waals surface area contributed by atoms with Gasteiger partial charge in [0.2, 0.25) is 0 Å². The molecule has 0 amide bonds. The zero-order valence-electron chi connectivity index (χ0n) is 9.88. The number of rotatable bonds is 3. The molecule has 0 radical (unpaired) electrons. The Balaban J connectivity index is 2.45. The average molecular weight is 455 g/mol. The van der Waals surface area contributed by atoms with Gasteiger partial charge in [-0.25, -0.2) is 0 Å². The lowest BCUT2D eigenvalue weighted by Crippen LogP contribution is -2.12. The number of benzene rings is 2. The second-order valence-electron chi connectivity index (χ2n) is 3.90. The van der Waals surface area contributed by atoms with Crippen LogP contribution in [0.3, 0.4) is 0 Å². The van der Waals surface area contributed by atoms with Crippen LogP contribution in [-0.4, -0.2) is 4.99 Å². The predicted molar refractivity (Wildman–Crippen MR) is 97.5 cm³/mol. The molecule has 2 nitrogen and oxygen atoms in total. The monoisotopic (exact) mass is 452 g/mol. The van der Waals surface area contributed by atoms with E-state index < -0.39 is 0 Å². The van der Waals surface area contributed by atoms with Gasteiger partial charge in [0.25, 0.3) is 0 Å². The Hall–Kier alpha value is -0.330. The van der Waals surface area contributed by atoms with Crippen LogP contribution in [0.15, 0.2) is 39.3 Å². The predicted octanol–water partition coefficient (Wildman–Crippen LogP) is 5.90. The maximum absolute atomic E-state index is 6.21. The first-order valence-electron chi connectivity index (χ1n) is 5.40. The lowest BCUT2D eigenvalue weighted by molar-refractivity contribution is 1.50. The van der Waals surface area contributed by atoms with Crippen molar-refractivity contribution in [3.05, 3.63) is 54.9 Å². The molecule has 0 fully saturated rings. The van der Waals surface area contributed by atoms with Crippen LogP contribution in [0.5, 0.6) is 0 Å². The van der Waals surface area contributed by atoms with Crippen molar-refractivity contribution in [2.24, 2.45) is 5.73 Å². The molecule has 0 unspecified atom stereocenters. The highest BCUT2D eigenvalue weighted by atomic mass is 79.9. The Morgan fingerprint density at radius 1 is 1.05 bits per heavy atom. The van der Waals surface area contributed by atoms with Gasteiger partial charge in [-0.05, 0) is 46.3 Å². The summed E-state index contributed by atoms with van der Waals surface area (Å²) in [6.07, 6.45) is 0. The zero-order chi connectivity index (χ0) is 14.9. The van der Waals surface area contributed by atoms with Crippen molar-refractivity contribution in [3.63, 3.8) is 0 Å². The molecule has 7 heteroatoms. The third kappa shape index (κ3) is 3.46. The first kappa shape index (κ1) is 16.0. The van der Waals surface area contributed by atoms with E-state index in [4.69, 9.17) is 41.2 Å². The summed E-state index contributed by atoms with van der Waals surface area (Å²) in [7, 11) is 0. The van der Waals surface area contributed by atoms with Crippen LogP contribution in [0.25, 0.3) is 0 Å². The van der Waals surface area contributed by atoms with Gasteiger partial charge in [0.05, 0.1) is 15.7 Å². The van der Waals surface area contributed by atoms with Crippen molar-refractivity contribution in [2.75, 3.05) is 5.32 Å². The Kier molecular flexibility index (Phi) is 5.31. The number of thiocarbonyl (C=S) groups is 1. The molecule has 0 aliphatic carbocycles. The molecule has 0 aliphatic rings. The fourth-order valence-corrected chi connectivity index (χ4v) is 2.95. The van der Waals surface area contributed by atoms with Crippen molar-refractivity contribution in [1.29, 1.82) is 0 Å². The highest BCUT2D eigenvalue weighted by Crippen LogP contribution is 2.37. The van der Waals surface area contributed by atoms with Gasteiger partial charge in [0.15, 0.2) is 0 Å². The molecule has 0 aromatic heterocycles. The van der Waals surface area contributed by atoms with Crippen LogP contribution in [0.1, 0.15) is 5.56 Å². The Labute approximate surface area is 148 Å². The molecule has 2 aromatic rings. The van der Waals surface area contributed by atoms with Gasteiger partial charge in [0, 0.05) is 20.2 Å². The van der Waals surface area contributed by atoms with E-state index in [2.05, 4.69) is 37.2 Å². The van der Waals surface area contributed by atoms with Crippen LogP contribution in [0, 0.1) is 0 Å². The van der Waals surface area contributed by atoms with Gasteiger partial charge in [-0.15, -0.1) is 0 Å². The number of hydrogen-bond acceptors (Lipinski definition) is 2. The number of anilines is 2. The second-order valence-corrected chi connectivity index (χ2v) is 6.87. The SMILES string of the molecule is NC(=S)c1cc(Br)ccc1Nc1ccc(Br)c(Cl)c1Cl. The maximum Gasteiger partial charge on any atom is 0.106 e. The molecular formula is C13H8Br2Cl2N2S. The van der Waals surface area contributed by atoms with E-state index >= 15 is 0 Å². The largest absolute Gasteiger partial charge is 0.389 e. The second kappa shape index (κ2) is 6.62. The first-order chi connectivity index (χ1) is 9.40. The first-order valence-corrected chi connectivity index (χ1v) is 8.15. The van der Waals surface area contributed by atoms with Gasteiger partial charge in [-0.3, -0.25) is 0 Å². The number of hydrogen-bond donors (Lipinski definition) is 2. The lowest BCUT2D eigenvalue weighted by atomic mass is 10.1. The molecular weight excluding hydrogens is 447 g/mol. The molecule has 0 heterocycles. The molecule has 0 atom stereocenters. The fourth-order valence-electron chi connectivity index (χ4n) is 1.60. The van der Waals surface area contributed by atoms with Gasteiger partial charge < -0.3 is 11.1 Å². The number of nitrogens with two attached hydrogens (primary N) is 1. The smallest absolute Gasteiger partial charge is 0.106 e. The summed E-state index contributed by atoms with van der Waals surface area (Å²) in [6.45, 7) is 0. The topological polar surface area (TPSA) is 38.0 Å². The third-order valence-corrected chi connectivity index (χ3v) is 5.04. The van der Waals surface area contributed by atoms with Crippen molar-refractivity contribution < 1.29 is 0 Å². The number of halogens is 4. The van der Waals surface area contributed by atoms with Crippen LogP contribution in [0.2, 0.25) is 10.0 Å². The van der Waals surface area contributed by atoms with Crippen molar-refractivity contribution in [3.8, 4) is 0 Å². The van der Waals surface area contributed by atoms with E-state index in [0.717, 1.165) is 20.2 Å². The van der Waals surface area contributed by atoms with Crippen LogP contribution in [0.4, 0.5) is 11.4 Å². The van der Waals surface area contributed by atoms with E-state index in [1.54, 1.807) is 0 Å². The zero-order valence-corrected chi connectivity index (χ0v) is 15.4. The van der Waals surface area contributed by atoms with Crippen LogP contribution in [-0.2, 0) is 0 Å². The van der Waals surface area contributed by atoms with E-state index in [9.17, 15) is 0 Å². The van der Waals surface area contributed by atoms with E-state index in [0.29, 0.717) is 20.7 Å². The average Bonchev–Trinajstić information content (AvgIpc) is 2.41. The maximum atomic E-state index is 6.21. The molecule has 20 heavy (non-hydrogen) atoms. The van der Waals surface area contributed by atoms with Crippen molar-refractivity contribution in [1.82, 2.24) is 0 Å². The molecule has 104 valence electrons. The van der Waals surface area contributed by atoms with Gasteiger partial charge in [0.1, 0.15) is 4.99 Å². The molecule has 0 aliphatic heterocycles. The molecule has 2 aromatic carbocycles. The highest BCUT2D eigenvalue weighted by Gasteiger charge is 2.11. The standard InChI is InChI=1S/C13H8Br2Cl2N2S/c14-6-1-3-9(7(5-6)13(18)20)19-10-4-2-8(15)11(16)12(10)17/h1-5,19H,(H2,18,20).